The van der Waals surface area contributed by atoms with E-state index in [-0.39, 0.29) is 5.56 Å². The number of H-pyrrole nitrogens is 1. The van der Waals surface area contributed by atoms with Crippen molar-refractivity contribution < 1.29 is 0 Å². The summed E-state index contributed by atoms with van der Waals surface area (Å²) in [5.41, 5.74) is 3.89. The molecule has 1 aromatic heterocycles. The molecular formula is C26H32N4OS. The summed E-state index contributed by atoms with van der Waals surface area (Å²) in [6.45, 7) is 8.41. The molecule has 1 fully saturated rings. The number of aromatic nitrogens is 1. The Bertz CT molecular complexity index is 1130. The molecule has 1 atom stereocenters. The van der Waals surface area contributed by atoms with Crippen molar-refractivity contribution in [1.82, 2.24) is 20.1 Å². The topological polar surface area (TPSA) is 51.4 Å². The number of hydrogen-bond donors (Lipinski definition) is 2. The molecule has 4 rings (SSSR count). The van der Waals surface area contributed by atoms with Crippen molar-refractivity contribution in [2.75, 3.05) is 19.6 Å². The second-order valence-corrected chi connectivity index (χ2v) is 9.05. The molecule has 1 aliphatic heterocycles. The Labute approximate surface area is 195 Å². The number of benzene rings is 2. The maximum atomic E-state index is 12.9. The molecule has 5 nitrogen and oxygen atoms in total. The zero-order chi connectivity index (χ0) is 22.5. The number of pyridine rings is 1. The van der Waals surface area contributed by atoms with Gasteiger partial charge in [-0.05, 0) is 73.7 Å². The predicted octanol–water partition coefficient (Wildman–Crippen LogP) is 4.20. The first-order valence-electron chi connectivity index (χ1n) is 11.5. The third-order valence-electron chi connectivity index (χ3n) is 6.35. The number of rotatable bonds is 7. The smallest absolute Gasteiger partial charge is 0.253 e. The van der Waals surface area contributed by atoms with E-state index >= 15 is 0 Å². The summed E-state index contributed by atoms with van der Waals surface area (Å²) < 4.78 is 0. The fourth-order valence-corrected chi connectivity index (χ4v) is 4.77. The zero-order valence-electron chi connectivity index (χ0n) is 18.9. The van der Waals surface area contributed by atoms with E-state index in [1.165, 1.54) is 18.4 Å². The van der Waals surface area contributed by atoms with Gasteiger partial charge in [0.1, 0.15) is 0 Å². The van der Waals surface area contributed by atoms with Crippen LogP contribution in [-0.2, 0) is 13.1 Å². The van der Waals surface area contributed by atoms with Gasteiger partial charge in [0.25, 0.3) is 5.56 Å². The highest BCUT2D eigenvalue weighted by Crippen LogP contribution is 2.20. The molecule has 0 bridgehead atoms. The Morgan fingerprint density at radius 2 is 2.03 bits per heavy atom. The lowest BCUT2D eigenvalue weighted by molar-refractivity contribution is 0.219. The van der Waals surface area contributed by atoms with Crippen molar-refractivity contribution in [3.05, 3.63) is 81.6 Å². The summed E-state index contributed by atoms with van der Waals surface area (Å²) in [6.07, 6.45) is 2.38. The first kappa shape index (κ1) is 22.5. The monoisotopic (exact) mass is 448 g/mol. The summed E-state index contributed by atoms with van der Waals surface area (Å²) in [4.78, 5) is 20.6. The Morgan fingerprint density at radius 3 is 2.81 bits per heavy atom. The number of likely N-dealkylation sites (N-methyl/N-ethyl adjacent to an activating group) is 1. The van der Waals surface area contributed by atoms with Crippen molar-refractivity contribution >= 4 is 28.2 Å². The number of hydrogen-bond acceptors (Lipinski definition) is 3. The Hall–Kier alpha value is -2.70. The quantitative estimate of drug-likeness (QED) is 0.531. The summed E-state index contributed by atoms with van der Waals surface area (Å²) in [7, 11) is 0. The first-order valence-corrected chi connectivity index (χ1v) is 11.9. The molecule has 0 radical (unpaired) electrons. The van der Waals surface area contributed by atoms with Crippen LogP contribution in [-0.4, -0.2) is 45.6 Å². The van der Waals surface area contributed by atoms with Gasteiger partial charge < -0.3 is 15.2 Å². The van der Waals surface area contributed by atoms with Gasteiger partial charge >= 0.3 is 0 Å². The molecule has 0 saturated carbocycles. The van der Waals surface area contributed by atoms with E-state index < -0.39 is 0 Å². The molecular weight excluding hydrogens is 416 g/mol. The van der Waals surface area contributed by atoms with E-state index in [9.17, 15) is 4.79 Å². The van der Waals surface area contributed by atoms with E-state index in [2.05, 4.69) is 51.3 Å². The van der Waals surface area contributed by atoms with E-state index in [0.29, 0.717) is 24.2 Å². The highest BCUT2D eigenvalue weighted by molar-refractivity contribution is 7.80. The lowest BCUT2D eigenvalue weighted by Crippen LogP contribution is -2.46. The molecule has 3 aromatic rings. The van der Waals surface area contributed by atoms with Gasteiger partial charge in [0.15, 0.2) is 5.11 Å². The SMILES string of the molecule is CCN1CCCC1CN(Cc1cc2ccc(C)cc2[nH]c1=O)C(=S)NCc1ccccc1. The number of nitrogens with zero attached hydrogens (tertiary/aromatic N) is 2. The average Bonchev–Trinajstić information content (AvgIpc) is 3.25. The summed E-state index contributed by atoms with van der Waals surface area (Å²) in [5.74, 6) is 0. The molecule has 168 valence electrons. The largest absolute Gasteiger partial charge is 0.358 e. The molecule has 32 heavy (non-hydrogen) atoms. The van der Waals surface area contributed by atoms with Gasteiger partial charge in [0.05, 0.1) is 6.54 Å². The number of thiocarbonyl (C=S) groups is 1. The minimum absolute atomic E-state index is 0.0438. The normalized spacial score (nSPS) is 16.4. The van der Waals surface area contributed by atoms with Crippen molar-refractivity contribution in [3.8, 4) is 0 Å². The molecule has 1 aliphatic rings. The minimum Gasteiger partial charge on any atom is -0.358 e. The van der Waals surface area contributed by atoms with Crippen LogP contribution >= 0.6 is 12.2 Å². The lowest BCUT2D eigenvalue weighted by atomic mass is 10.1. The average molecular weight is 449 g/mol. The number of aryl methyl sites for hydroxylation is 1. The van der Waals surface area contributed by atoms with E-state index in [1.807, 2.05) is 37.3 Å². The van der Waals surface area contributed by atoms with Crippen molar-refractivity contribution in [2.24, 2.45) is 0 Å². The summed E-state index contributed by atoms with van der Waals surface area (Å²) in [5, 5.41) is 5.16. The van der Waals surface area contributed by atoms with Crippen molar-refractivity contribution in [2.45, 2.75) is 45.8 Å². The van der Waals surface area contributed by atoms with Gasteiger partial charge in [-0.25, -0.2) is 0 Å². The maximum absolute atomic E-state index is 12.9. The van der Waals surface area contributed by atoms with Crippen molar-refractivity contribution in [1.29, 1.82) is 0 Å². The number of likely N-dealkylation sites (tertiary alicyclic amines) is 1. The van der Waals surface area contributed by atoms with Gasteiger partial charge in [0, 0.05) is 30.2 Å². The van der Waals surface area contributed by atoms with E-state index in [0.717, 1.165) is 41.7 Å². The van der Waals surface area contributed by atoms with Gasteiger partial charge in [-0.2, -0.15) is 0 Å². The third kappa shape index (κ3) is 5.37. The van der Waals surface area contributed by atoms with Crippen LogP contribution in [0.5, 0.6) is 0 Å². The van der Waals surface area contributed by atoms with Crippen LogP contribution < -0.4 is 10.9 Å². The Balaban J connectivity index is 1.56. The number of fused-ring (bicyclic) bond motifs is 1. The minimum atomic E-state index is -0.0438. The highest BCUT2D eigenvalue weighted by atomic mass is 32.1. The van der Waals surface area contributed by atoms with Crippen molar-refractivity contribution in [3.63, 3.8) is 0 Å². The predicted molar refractivity (Wildman–Crippen MR) is 136 cm³/mol. The molecule has 1 saturated heterocycles. The molecule has 2 N–H and O–H groups in total. The van der Waals surface area contributed by atoms with Gasteiger partial charge in [0.2, 0.25) is 0 Å². The fourth-order valence-electron chi connectivity index (χ4n) is 4.56. The summed E-state index contributed by atoms with van der Waals surface area (Å²) >= 11 is 5.82. The Morgan fingerprint density at radius 1 is 1.22 bits per heavy atom. The molecule has 0 spiro atoms. The molecule has 2 aromatic carbocycles. The molecule has 0 aliphatic carbocycles. The lowest BCUT2D eigenvalue weighted by Gasteiger charge is -2.32. The van der Waals surface area contributed by atoms with Crippen LogP contribution in [0.25, 0.3) is 10.9 Å². The van der Waals surface area contributed by atoms with Crippen LogP contribution in [0.3, 0.4) is 0 Å². The second kappa shape index (κ2) is 10.3. The molecule has 0 amide bonds. The van der Waals surface area contributed by atoms with Gasteiger partial charge in [-0.1, -0.05) is 49.4 Å². The number of nitrogens with one attached hydrogen (secondary N) is 2. The van der Waals surface area contributed by atoms with Gasteiger partial charge in [-0.15, -0.1) is 0 Å². The third-order valence-corrected chi connectivity index (χ3v) is 6.75. The zero-order valence-corrected chi connectivity index (χ0v) is 19.8. The van der Waals surface area contributed by atoms with E-state index in [1.54, 1.807) is 0 Å². The molecule has 6 heteroatoms. The van der Waals surface area contributed by atoms with E-state index in [4.69, 9.17) is 12.2 Å². The highest BCUT2D eigenvalue weighted by Gasteiger charge is 2.26. The second-order valence-electron chi connectivity index (χ2n) is 8.66. The first-order chi connectivity index (χ1) is 15.5. The summed E-state index contributed by atoms with van der Waals surface area (Å²) in [6, 6.07) is 18.9. The van der Waals surface area contributed by atoms with Gasteiger partial charge in [-0.3, -0.25) is 9.69 Å². The molecule has 1 unspecified atom stereocenters. The molecule has 2 heterocycles. The van der Waals surface area contributed by atoms with Crippen LogP contribution in [0.15, 0.2) is 59.4 Å². The van der Waals surface area contributed by atoms with Crippen LogP contribution in [0.4, 0.5) is 0 Å². The number of aromatic amines is 1. The van der Waals surface area contributed by atoms with Crippen LogP contribution in [0.1, 0.15) is 36.5 Å². The standard InChI is InChI=1S/C26H32N4OS/c1-3-29-13-7-10-23(29)18-30(26(32)27-16-20-8-5-4-6-9-20)17-22-15-21-12-11-19(2)14-24(21)28-25(22)31/h4-6,8-9,11-12,14-15,23H,3,7,10,13,16-18H2,1-2H3,(H,27,32)(H,28,31). The fraction of sp³-hybridized carbons (Fsp3) is 0.385. The van der Waals surface area contributed by atoms with Crippen LogP contribution in [0, 0.1) is 6.92 Å². The maximum Gasteiger partial charge on any atom is 0.253 e. The van der Waals surface area contributed by atoms with Crippen LogP contribution in [0.2, 0.25) is 0 Å². The Kier molecular flexibility index (Phi) is 7.22.